The van der Waals surface area contributed by atoms with Crippen molar-refractivity contribution in [3.63, 3.8) is 0 Å². The second-order valence-corrected chi connectivity index (χ2v) is 7.73. The smallest absolute Gasteiger partial charge is 0.319 e. The van der Waals surface area contributed by atoms with Crippen LogP contribution in [0.3, 0.4) is 0 Å². The summed E-state index contributed by atoms with van der Waals surface area (Å²) >= 11 is 0. The predicted molar refractivity (Wildman–Crippen MR) is 120 cm³/mol. The topological polar surface area (TPSA) is 77.4 Å². The van der Waals surface area contributed by atoms with Crippen LogP contribution in [0.15, 0.2) is 42.5 Å². The van der Waals surface area contributed by atoms with Gasteiger partial charge in [0.2, 0.25) is 0 Å². The number of para-hydroxylation sites is 1. The SMILES string of the molecule is CCOc1cc2c(cc1CNC(=O)Nc1c(C)nn(-c3ccccc3)c1C)OC(C)C2. The highest BCUT2D eigenvalue weighted by Gasteiger charge is 2.22. The Morgan fingerprint density at radius 1 is 1.26 bits per heavy atom. The third-order valence-electron chi connectivity index (χ3n) is 5.35. The number of hydrogen-bond donors (Lipinski definition) is 2. The van der Waals surface area contributed by atoms with E-state index in [9.17, 15) is 4.79 Å². The molecule has 2 amide bonds. The zero-order chi connectivity index (χ0) is 22.0. The normalized spacial score (nSPS) is 14.6. The molecule has 3 aromatic rings. The molecule has 2 aromatic carbocycles. The number of aromatic nitrogens is 2. The van der Waals surface area contributed by atoms with E-state index < -0.39 is 0 Å². The number of carbonyl (C=O) groups excluding carboxylic acids is 1. The summed E-state index contributed by atoms with van der Waals surface area (Å²) in [5, 5.41) is 10.4. The lowest BCUT2D eigenvalue weighted by Gasteiger charge is -2.14. The Morgan fingerprint density at radius 3 is 2.77 bits per heavy atom. The van der Waals surface area contributed by atoms with E-state index in [0.717, 1.165) is 46.1 Å². The summed E-state index contributed by atoms with van der Waals surface area (Å²) in [5.74, 6) is 1.65. The van der Waals surface area contributed by atoms with Crippen molar-refractivity contribution >= 4 is 11.7 Å². The van der Waals surface area contributed by atoms with Gasteiger partial charge in [-0.2, -0.15) is 5.10 Å². The molecule has 1 atom stereocenters. The lowest BCUT2D eigenvalue weighted by molar-refractivity contribution is 0.250. The molecule has 1 aliphatic rings. The Kier molecular flexibility index (Phi) is 5.84. The first kappa shape index (κ1) is 20.8. The molecule has 1 aliphatic heterocycles. The number of ether oxygens (including phenoxy) is 2. The second-order valence-electron chi connectivity index (χ2n) is 7.73. The van der Waals surface area contributed by atoms with Gasteiger partial charge in [0.05, 0.1) is 29.4 Å². The van der Waals surface area contributed by atoms with Crippen molar-refractivity contribution < 1.29 is 14.3 Å². The lowest BCUT2D eigenvalue weighted by Crippen LogP contribution is -2.28. The molecule has 2 heterocycles. The maximum absolute atomic E-state index is 12.7. The molecule has 0 aliphatic carbocycles. The summed E-state index contributed by atoms with van der Waals surface area (Å²) in [6, 6.07) is 13.5. The monoisotopic (exact) mass is 420 g/mol. The molecule has 1 unspecified atom stereocenters. The van der Waals surface area contributed by atoms with E-state index in [-0.39, 0.29) is 12.1 Å². The minimum Gasteiger partial charge on any atom is -0.494 e. The Labute approximate surface area is 182 Å². The number of aryl methyl sites for hydroxylation is 1. The predicted octanol–water partition coefficient (Wildman–Crippen LogP) is 4.53. The number of benzene rings is 2. The fourth-order valence-electron chi connectivity index (χ4n) is 3.89. The van der Waals surface area contributed by atoms with Crippen molar-refractivity contribution in [2.45, 2.75) is 46.8 Å². The summed E-state index contributed by atoms with van der Waals surface area (Å²) < 4.78 is 13.5. The number of carbonyl (C=O) groups is 1. The second kappa shape index (κ2) is 8.71. The highest BCUT2D eigenvalue weighted by Crippen LogP contribution is 2.35. The molecule has 0 saturated heterocycles. The van der Waals surface area contributed by atoms with Gasteiger partial charge in [-0.1, -0.05) is 18.2 Å². The Bertz CT molecular complexity index is 1090. The number of hydrogen-bond acceptors (Lipinski definition) is 4. The first-order chi connectivity index (χ1) is 15.0. The van der Waals surface area contributed by atoms with Gasteiger partial charge in [-0.15, -0.1) is 0 Å². The van der Waals surface area contributed by atoms with Crippen molar-refractivity contribution in [3.05, 3.63) is 65.0 Å². The van der Waals surface area contributed by atoms with Gasteiger partial charge < -0.3 is 20.1 Å². The number of urea groups is 1. The molecule has 7 nitrogen and oxygen atoms in total. The van der Waals surface area contributed by atoms with Crippen LogP contribution in [0.2, 0.25) is 0 Å². The van der Waals surface area contributed by atoms with Crippen molar-refractivity contribution in [1.82, 2.24) is 15.1 Å². The van der Waals surface area contributed by atoms with Crippen molar-refractivity contribution in [1.29, 1.82) is 0 Å². The van der Waals surface area contributed by atoms with Gasteiger partial charge >= 0.3 is 6.03 Å². The van der Waals surface area contributed by atoms with E-state index in [0.29, 0.717) is 18.8 Å². The number of fused-ring (bicyclic) bond motifs is 1. The maximum Gasteiger partial charge on any atom is 0.319 e. The van der Waals surface area contributed by atoms with Crippen LogP contribution in [-0.2, 0) is 13.0 Å². The van der Waals surface area contributed by atoms with Crippen molar-refractivity contribution in [3.8, 4) is 17.2 Å². The highest BCUT2D eigenvalue weighted by atomic mass is 16.5. The fraction of sp³-hybridized carbons (Fsp3) is 0.333. The van der Waals surface area contributed by atoms with Crippen LogP contribution in [0, 0.1) is 13.8 Å². The standard InChI is InChI=1S/C24H28N4O3/c1-5-30-21-12-18-11-15(2)31-22(18)13-19(21)14-25-24(29)26-23-16(3)27-28(17(23)4)20-9-7-6-8-10-20/h6-10,12-13,15H,5,11,14H2,1-4H3,(H2,25,26,29). The van der Waals surface area contributed by atoms with Crippen LogP contribution in [-0.4, -0.2) is 28.5 Å². The van der Waals surface area contributed by atoms with Gasteiger partial charge in [-0.3, -0.25) is 0 Å². The number of nitrogens with zero attached hydrogens (tertiary/aromatic N) is 2. The van der Waals surface area contributed by atoms with E-state index in [2.05, 4.69) is 15.7 Å². The Hall–Kier alpha value is -3.48. The average molecular weight is 421 g/mol. The van der Waals surface area contributed by atoms with Gasteiger partial charge in [0.15, 0.2) is 0 Å². The number of nitrogens with one attached hydrogen (secondary N) is 2. The summed E-state index contributed by atoms with van der Waals surface area (Å²) in [4.78, 5) is 12.7. The van der Waals surface area contributed by atoms with E-state index >= 15 is 0 Å². The molecule has 0 bridgehead atoms. The molecule has 7 heteroatoms. The lowest BCUT2D eigenvalue weighted by atomic mass is 10.1. The van der Waals surface area contributed by atoms with Crippen LogP contribution >= 0.6 is 0 Å². The van der Waals surface area contributed by atoms with Crippen LogP contribution < -0.4 is 20.1 Å². The zero-order valence-corrected chi connectivity index (χ0v) is 18.4. The molecule has 4 rings (SSSR count). The quantitative estimate of drug-likeness (QED) is 0.614. The summed E-state index contributed by atoms with van der Waals surface area (Å²) in [6.45, 7) is 8.71. The maximum atomic E-state index is 12.7. The van der Waals surface area contributed by atoms with Gasteiger partial charge in [0.1, 0.15) is 17.6 Å². The van der Waals surface area contributed by atoms with Crippen molar-refractivity contribution in [2.24, 2.45) is 0 Å². The third kappa shape index (κ3) is 4.35. The van der Waals surface area contributed by atoms with Crippen LogP contribution in [0.4, 0.5) is 10.5 Å². The first-order valence-corrected chi connectivity index (χ1v) is 10.6. The van der Waals surface area contributed by atoms with Crippen molar-refractivity contribution in [2.75, 3.05) is 11.9 Å². The Balaban J connectivity index is 1.47. The number of anilines is 1. The molecule has 1 aromatic heterocycles. The van der Waals surface area contributed by atoms with E-state index in [1.807, 2.05) is 74.8 Å². The van der Waals surface area contributed by atoms with E-state index in [1.165, 1.54) is 0 Å². The van der Waals surface area contributed by atoms with Gasteiger partial charge in [-0.25, -0.2) is 9.48 Å². The molecular weight excluding hydrogens is 392 g/mol. The molecule has 0 radical (unpaired) electrons. The molecule has 162 valence electrons. The number of amides is 2. The van der Waals surface area contributed by atoms with Gasteiger partial charge in [-0.05, 0) is 52.0 Å². The molecule has 0 spiro atoms. The average Bonchev–Trinajstić information content (AvgIpc) is 3.25. The van der Waals surface area contributed by atoms with Crippen LogP contribution in [0.5, 0.6) is 11.5 Å². The molecule has 0 saturated carbocycles. The molecule has 2 N–H and O–H groups in total. The summed E-state index contributed by atoms with van der Waals surface area (Å²) in [6.07, 6.45) is 1.02. The van der Waals surface area contributed by atoms with Gasteiger partial charge in [0.25, 0.3) is 0 Å². The summed E-state index contributed by atoms with van der Waals surface area (Å²) in [7, 11) is 0. The highest BCUT2D eigenvalue weighted by molar-refractivity contribution is 5.90. The molecule has 31 heavy (non-hydrogen) atoms. The fourth-order valence-corrected chi connectivity index (χ4v) is 3.89. The third-order valence-corrected chi connectivity index (χ3v) is 5.35. The summed E-state index contributed by atoms with van der Waals surface area (Å²) in [5.41, 5.74) is 5.31. The first-order valence-electron chi connectivity index (χ1n) is 10.6. The zero-order valence-electron chi connectivity index (χ0n) is 18.4. The minimum atomic E-state index is -0.295. The van der Waals surface area contributed by atoms with E-state index in [4.69, 9.17) is 9.47 Å². The largest absolute Gasteiger partial charge is 0.494 e. The van der Waals surface area contributed by atoms with Gasteiger partial charge in [0, 0.05) is 24.1 Å². The van der Waals surface area contributed by atoms with Crippen LogP contribution in [0.25, 0.3) is 5.69 Å². The van der Waals surface area contributed by atoms with Crippen LogP contribution in [0.1, 0.15) is 36.4 Å². The minimum absolute atomic E-state index is 0.156. The molecular formula is C24H28N4O3. The Morgan fingerprint density at radius 2 is 2.03 bits per heavy atom. The van der Waals surface area contributed by atoms with E-state index in [1.54, 1.807) is 0 Å². The molecule has 0 fully saturated rings. The number of rotatable bonds is 6.